The van der Waals surface area contributed by atoms with Gasteiger partial charge in [-0.1, -0.05) is 12.1 Å². The number of rotatable bonds is 1. The molecule has 0 unspecified atom stereocenters. The molecule has 1 heterocycles. The van der Waals surface area contributed by atoms with Crippen molar-refractivity contribution in [2.45, 2.75) is 17.9 Å². The summed E-state index contributed by atoms with van der Waals surface area (Å²) in [4.78, 5) is 0.0298. The van der Waals surface area contributed by atoms with Gasteiger partial charge in [-0.2, -0.15) is 8.42 Å². The second-order valence-corrected chi connectivity index (χ2v) is 4.69. The normalized spacial score (nSPS) is 16.4. The van der Waals surface area contributed by atoms with Crippen LogP contribution in [0.1, 0.15) is 11.1 Å². The van der Waals surface area contributed by atoms with Crippen molar-refractivity contribution < 1.29 is 13.0 Å². The van der Waals surface area contributed by atoms with Gasteiger partial charge >= 0.3 is 0 Å². The van der Waals surface area contributed by atoms with E-state index in [0.717, 1.165) is 18.5 Å². The summed E-state index contributed by atoms with van der Waals surface area (Å²) in [6, 6.07) is 4.99. The van der Waals surface area contributed by atoms with E-state index in [9.17, 15) is 8.42 Å². The van der Waals surface area contributed by atoms with Gasteiger partial charge in [-0.25, -0.2) is 0 Å². The topological polar surface area (TPSA) is 66.4 Å². The fourth-order valence-electron chi connectivity index (χ4n) is 1.72. The van der Waals surface area contributed by atoms with Gasteiger partial charge in [0.25, 0.3) is 10.1 Å². The van der Waals surface area contributed by atoms with Crippen LogP contribution < -0.4 is 5.32 Å². The van der Waals surface area contributed by atoms with Crippen molar-refractivity contribution in [1.29, 1.82) is 0 Å². The third-order valence-electron chi connectivity index (χ3n) is 2.38. The van der Waals surface area contributed by atoms with Crippen LogP contribution in [0.25, 0.3) is 0 Å². The number of hydrogen-bond donors (Lipinski definition) is 2. The largest absolute Gasteiger partial charge is 0.312 e. The van der Waals surface area contributed by atoms with Crippen molar-refractivity contribution in [3.05, 3.63) is 29.3 Å². The summed E-state index contributed by atoms with van der Waals surface area (Å²) >= 11 is 0. The minimum Gasteiger partial charge on any atom is -0.312 e. The van der Waals surface area contributed by atoms with E-state index >= 15 is 0 Å². The van der Waals surface area contributed by atoms with Crippen molar-refractivity contribution in [2.24, 2.45) is 0 Å². The Balaban J connectivity index is 2.62. The first-order chi connectivity index (χ1) is 6.59. The highest BCUT2D eigenvalue weighted by Crippen LogP contribution is 2.22. The molecule has 1 aliphatic heterocycles. The Labute approximate surface area is 82.7 Å². The fourth-order valence-corrected chi connectivity index (χ4v) is 2.49. The van der Waals surface area contributed by atoms with Crippen LogP contribution in [-0.2, 0) is 23.1 Å². The molecule has 2 N–H and O–H groups in total. The zero-order valence-corrected chi connectivity index (χ0v) is 8.34. The van der Waals surface area contributed by atoms with Crippen LogP contribution in [0.15, 0.2) is 23.1 Å². The first-order valence-electron chi connectivity index (χ1n) is 4.38. The highest BCUT2D eigenvalue weighted by Gasteiger charge is 2.19. The maximum Gasteiger partial charge on any atom is 0.294 e. The summed E-state index contributed by atoms with van der Waals surface area (Å²) in [5.41, 5.74) is 1.69. The summed E-state index contributed by atoms with van der Waals surface area (Å²) in [6.07, 6.45) is 0.804. The predicted octanol–water partition coefficient (Wildman–Crippen LogP) is 0.579. The first-order valence-corrected chi connectivity index (χ1v) is 5.82. The average molecular weight is 213 g/mol. The van der Waals surface area contributed by atoms with Crippen molar-refractivity contribution in [3.63, 3.8) is 0 Å². The van der Waals surface area contributed by atoms with E-state index in [2.05, 4.69) is 5.32 Å². The highest BCUT2D eigenvalue weighted by molar-refractivity contribution is 7.85. The predicted molar refractivity (Wildman–Crippen MR) is 51.7 cm³/mol. The van der Waals surface area contributed by atoms with Crippen LogP contribution in [0.4, 0.5) is 0 Å². The van der Waals surface area contributed by atoms with E-state index in [4.69, 9.17) is 4.55 Å². The van der Waals surface area contributed by atoms with Crippen molar-refractivity contribution in [1.82, 2.24) is 5.32 Å². The number of benzene rings is 1. The quantitative estimate of drug-likeness (QED) is 0.670. The second-order valence-electron chi connectivity index (χ2n) is 3.30. The number of hydrogen-bond acceptors (Lipinski definition) is 3. The average Bonchev–Trinajstić information content (AvgIpc) is 2.15. The minimum absolute atomic E-state index is 0.0298. The summed E-state index contributed by atoms with van der Waals surface area (Å²) in [7, 11) is -4.08. The third-order valence-corrected chi connectivity index (χ3v) is 3.32. The molecule has 1 aromatic rings. The van der Waals surface area contributed by atoms with Gasteiger partial charge in [-0.15, -0.1) is 0 Å². The molecule has 0 fully saturated rings. The molecule has 1 aromatic carbocycles. The van der Waals surface area contributed by atoms with Crippen molar-refractivity contribution >= 4 is 10.1 Å². The standard InChI is InChI=1S/C9H11NO3S/c11-14(12,13)9-3-1-2-7-4-5-10-6-8(7)9/h1-3,10H,4-6H2,(H,11,12,13). The van der Waals surface area contributed by atoms with Crippen LogP contribution in [0, 0.1) is 0 Å². The summed E-state index contributed by atoms with van der Waals surface area (Å²) < 4.78 is 31.1. The lowest BCUT2D eigenvalue weighted by Gasteiger charge is -2.18. The summed E-state index contributed by atoms with van der Waals surface area (Å²) in [5, 5.41) is 3.08. The van der Waals surface area contributed by atoms with Crippen LogP contribution >= 0.6 is 0 Å². The summed E-state index contributed by atoms with van der Waals surface area (Å²) in [5.74, 6) is 0. The van der Waals surface area contributed by atoms with Crippen molar-refractivity contribution in [3.8, 4) is 0 Å². The number of nitrogens with one attached hydrogen (secondary N) is 1. The molecule has 2 rings (SSSR count). The highest BCUT2D eigenvalue weighted by atomic mass is 32.2. The zero-order chi connectivity index (χ0) is 10.2. The molecular weight excluding hydrogens is 202 g/mol. The SMILES string of the molecule is O=S(=O)(O)c1cccc2c1CNCC2. The first kappa shape index (κ1) is 9.64. The van der Waals surface area contributed by atoms with E-state index in [1.807, 2.05) is 6.07 Å². The maximum absolute atomic E-state index is 11.0. The van der Waals surface area contributed by atoms with E-state index < -0.39 is 10.1 Å². The van der Waals surface area contributed by atoms with Gasteiger partial charge in [0, 0.05) is 6.54 Å². The fraction of sp³-hybridized carbons (Fsp3) is 0.333. The smallest absolute Gasteiger partial charge is 0.294 e. The van der Waals surface area contributed by atoms with Gasteiger partial charge < -0.3 is 5.32 Å². The molecule has 0 aliphatic carbocycles. The van der Waals surface area contributed by atoms with E-state index in [1.165, 1.54) is 6.07 Å². The van der Waals surface area contributed by atoms with E-state index in [0.29, 0.717) is 12.1 Å². The van der Waals surface area contributed by atoms with Gasteiger partial charge in [0.1, 0.15) is 0 Å². The van der Waals surface area contributed by atoms with Crippen LogP contribution in [0.2, 0.25) is 0 Å². The van der Waals surface area contributed by atoms with Gasteiger partial charge in [0.15, 0.2) is 0 Å². The molecule has 0 saturated carbocycles. The molecule has 0 amide bonds. The van der Waals surface area contributed by atoms with Gasteiger partial charge in [-0.3, -0.25) is 4.55 Å². The molecule has 0 saturated heterocycles. The summed E-state index contributed by atoms with van der Waals surface area (Å²) in [6.45, 7) is 1.35. The Morgan fingerprint density at radius 1 is 1.36 bits per heavy atom. The third kappa shape index (κ3) is 1.66. The van der Waals surface area contributed by atoms with Crippen LogP contribution in [0.3, 0.4) is 0 Å². The lowest BCUT2D eigenvalue weighted by atomic mass is 10.0. The number of fused-ring (bicyclic) bond motifs is 1. The molecule has 14 heavy (non-hydrogen) atoms. The monoisotopic (exact) mass is 213 g/mol. The van der Waals surface area contributed by atoms with E-state index in [-0.39, 0.29) is 4.90 Å². The molecule has 4 nitrogen and oxygen atoms in total. The Morgan fingerprint density at radius 3 is 2.86 bits per heavy atom. The lowest BCUT2D eigenvalue weighted by molar-refractivity contribution is 0.480. The molecule has 0 radical (unpaired) electrons. The molecule has 5 heteroatoms. The molecule has 0 atom stereocenters. The maximum atomic E-state index is 11.0. The Kier molecular flexibility index (Phi) is 2.30. The van der Waals surface area contributed by atoms with Gasteiger partial charge in [0.05, 0.1) is 4.90 Å². The molecular formula is C9H11NO3S. The van der Waals surface area contributed by atoms with Crippen molar-refractivity contribution in [2.75, 3.05) is 6.54 Å². The van der Waals surface area contributed by atoms with Crippen LogP contribution in [0.5, 0.6) is 0 Å². The molecule has 0 bridgehead atoms. The Bertz CT molecular complexity index is 453. The molecule has 0 spiro atoms. The zero-order valence-electron chi connectivity index (χ0n) is 7.53. The molecule has 0 aromatic heterocycles. The Hall–Kier alpha value is -0.910. The van der Waals surface area contributed by atoms with Gasteiger partial charge in [0.2, 0.25) is 0 Å². The minimum atomic E-state index is -4.08. The van der Waals surface area contributed by atoms with Crippen LogP contribution in [-0.4, -0.2) is 19.5 Å². The van der Waals surface area contributed by atoms with Gasteiger partial charge in [-0.05, 0) is 30.2 Å². The second kappa shape index (κ2) is 3.34. The Morgan fingerprint density at radius 2 is 2.14 bits per heavy atom. The van der Waals surface area contributed by atoms with E-state index in [1.54, 1.807) is 6.07 Å². The lowest BCUT2D eigenvalue weighted by Crippen LogP contribution is -2.25. The molecule has 1 aliphatic rings. The molecule has 76 valence electrons.